The van der Waals surface area contributed by atoms with Gasteiger partial charge in [-0.2, -0.15) is 0 Å². The molecule has 0 radical (unpaired) electrons. The molecule has 3 rings (SSSR count). The number of fused-ring (bicyclic) bond motifs is 1. The summed E-state index contributed by atoms with van der Waals surface area (Å²) in [6, 6.07) is 7.70. The summed E-state index contributed by atoms with van der Waals surface area (Å²) < 4.78 is 59.0. The monoisotopic (exact) mass is 353 g/mol. The fourth-order valence-corrected chi connectivity index (χ4v) is 4.09. The van der Waals surface area contributed by atoms with E-state index in [1.165, 1.54) is 0 Å². The highest BCUT2D eigenvalue weighted by molar-refractivity contribution is 7.89. The summed E-state index contributed by atoms with van der Waals surface area (Å²) in [6.45, 7) is 2.35. The highest BCUT2D eigenvalue weighted by atomic mass is 32.2. The van der Waals surface area contributed by atoms with Crippen LogP contribution in [0.4, 0.5) is 8.78 Å². The normalized spacial score (nSPS) is 15.0. The van der Waals surface area contributed by atoms with E-state index in [0.29, 0.717) is 19.1 Å². The summed E-state index contributed by atoms with van der Waals surface area (Å²) in [4.78, 5) is -0.557. The van der Waals surface area contributed by atoms with Gasteiger partial charge in [-0.25, -0.2) is 21.9 Å². The second-order valence-corrected chi connectivity index (χ2v) is 7.52. The van der Waals surface area contributed by atoms with E-state index < -0.39 is 32.6 Å². The SMILES string of the molecule is CC(Cc1ccc2c(c1)CCO2)NS(=O)(=O)c1ccc(F)cc1F. The highest BCUT2D eigenvalue weighted by Crippen LogP contribution is 2.26. The van der Waals surface area contributed by atoms with E-state index in [-0.39, 0.29) is 0 Å². The van der Waals surface area contributed by atoms with E-state index in [2.05, 4.69) is 4.72 Å². The fraction of sp³-hybridized carbons (Fsp3) is 0.294. The standard InChI is InChI=1S/C17H17F2NO3S/c1-11(8-12-2-4-16-13(9-12)6-7-23-16)20-24(21,22)17-5-3-14(18)10-15(17)19/h2-5,9-11,20H,6-8H2,1H3. The molecule has 0 fully saturated rings. The molecule has 24 heavy (non-hydrogen) atoms. The Morgan fingerprint density at radius 1 is 1.21 bits per heavy atom. The van der Waals surface area contributed by atoms with Crippen molar-refractivity contribution in [1.82, 2.24) is 4.72 Å². The van der Waals surface area contributed by atoms with Crippen LogP contribution in [0.1, 0.15) is 18.1 Å². The number of halogens is 2. The van der Waals surface area contributed by atoms with Crippen LogP contribution in [0, 0.1) is 11.6 Å². The van der Waals surface area contributed by atoms with Crippen LogP contribution >= 0.6 is 0 Å². The molecule has 1 heterocycles. The Hall–Kier alpha value is -1.99. The van der Waals surface area contributed by atoms with E-state index in [1.807, 2.05) is 18.2 Å². The molecule has 4 nitrogen and oxygen atoms in total. The summed E-state index contributed by atoms with van der Waals surface area (Å²) in [6.07, 6.45) is 1.29. The maximum absolute atomic E-state index is 13.7. The summed E-state index contributed by atoms with van der Waals surface area (Å²) in [5.74, 6) is -1.07. The smallest absolute Gasteiger partial charge is 0.243 e. The molecule has 1 aliphatic rings. The van der Waals surface area contributed by atoms with Crippen molar-refractivity contribution in [2.24, 2.45) is 0 Å². The number of nitrogens with one attached hydrogen (secondary N) is 1. The molecular weight excluding hydrogens is 336 g/mol. The first-order valence-electron chi connectivity index (χ1n) is 7.57. The van der Waals surface area contributed by atoms with Crippen molar-refractivity contribution < 1.29 is 21.9 Å². The molecule has 0 bridgehead atoms. The Kier molecular flexibility index (Phi) is 4.56. The maximum atomic E-state index is 13.7. The third kappa shape index (κ3) is 3.57. The lowest BCUT2D eigenvalue weighted by Gasteiger charge is -2.15. The van der Waals surface area contributed by atoms with Gasteiger partial charge in [-0.3, -0.25) is 0 Å². The van der Waals surface area contributed by atoms with E-state index in [0.717, 1.165) is 35.4 Å². The first-order valence-corrected chi connectivity index (χ1v) is 9.05. The number of hydrogen-bond donors (Lipinski definition) is 1. The average molecular weight is 353 g/mol. The van der Waals surface area contributed by atoms with Crippen LogP contribution in [0.25, 0.3) is 0 Å². The second-order valence-electron chi connectivity index (χ2n) is 5.84. The fourth-order valence-electron chi connectivity index (χ4n) is 2.78. The Balaban J connectivity index is 1.72. The quantitative estimate of drug-likeness (QED) is 0.899. The van der Waals surface area contributed by atoms with Crippen molar-refractivity contribution >= 4 is 10.0 Å². The molecule has 0 aromatic heterocycles. The molecule has 0 spiro atoms. The van der Waals surface area contributed by atoms with Crippen molar-refractivity contribution in [1.29, 1.82) is 0 Å². The summed E-state index contributed by atoms with van der Waals surface area (Å²) in [7, 11) is -4.05. The van der Waals surface area contributed by atoms with Crippen molar-refractivity contribution in [3.05, 3.63) is 59.2 Å². The Morgan fingerprint density at radius 2 is 2.00 bits per heavy atom. The lowest BCUT2D eigenvalue weighted by molar-refractivity contribution is 0.357. The van der Waals surface area contributed by atoms with Gasteiger partial charge in [0, 0.05) is 18.5 Å². The molecule has 0 aliphatic carbocycles. The number of sulfonamides is 1. The van der Waals surface area contributed by atoms with Gasteiger partial charge in [0.05, 0.1) is 6.61 Å². The summed E-state index contributed by atoms with van der Waals surface area (Å²) in [5, 5.41) is 0. The minimum atomic E-state index is -4.05. The highest BCUT2D eigenvalue weighted by Gasteiger charge is 2.22. The third-order valence-corrected chi connectivity index (χ3v) is 5.46. The topological polar surface area (TPSA) is 55.4 Å². The Labute approximate surface area is 139 Å². The molecule has 0 saturated heterocycles. The molecule has 0 saturated carbocycles. The van der Waals surface area contributed by atoms with Crippen molar-refractivity contribution in [2.75, 3.05) is 6.61 Å². The van der Waals surface area contributed by atoms with Crippen LogP contribution in [0.15, 0.2) is 41.3 Å². The van der Waals surface area contributed by atoms with Gasteiger partial charge in [0.15, 0.2) is 0 Å². The van der Waals surface area contributed by atoms with Gasteiger partial charge in [-0.05, 0) is 42.7 Å². The molecule has 1 unspecified atom stereocenters. The molecule has 1 N–H and O–H groups in total. The van der Waals surface area contributed by atoms with E-state index in [4.69, 9.17) is 4.74 Å². The predicted molar refractivity (Wildman–Crippen MR) is 85.5 cm³/mol. The molecule has 1 aliphatic heterocycles. The Bertz CT molecular complexity index is 868. The lowest BCUT2D eigenvalue weighted by Crippen LogP contribution is -2.34. The first-order chi connectivity index (χ1) is 11.3. The zero-order valence-corrected chi connectivity index (χ0v) is 13.9. The van der Waals surface area contributed by atoms with Gasteiger partial charge in [0.1, 0.15) is 22.3 Å². The van der Waals surface area contributed by atoms with E-state index >= 15 is 0 Å². The van der Waals surface area contributed by atoms with Crippen molar-refractivity contribution in [2.45, 2.75) is 30.7 Å². The van der Waals surface area contributed by atoms with Crippen LogP contribution in [0.3, 0.4) is 0 Å². The molecule has 0 amide bonds. The number of ether oxygens (including phenoxy) is 1. The molecule has 1 atom stereocenters. The van der Waals surface area contributed by atoms with Crippen LogP contribution in [0.5, 0.6) is 5.75 Å². The van der Waals surface area contributed by atoms with Gasteiger partial charge >= 0.3 is 0 Å². The third-order valence-electron chi connectivity index (χ3n) is 3.84. The number of rotatable bonds is 5. The zero-order chi connectivity index (χ0) is 17.3. The predicted octanol–water partition coefficient (Wildman–Crippen LogP) is 2.81. The van der Waals surface area contributed by atoms with E-state index in [1.54, 1.807) is 6.92 Å². The molecular formula is C17H17F2NO3S. The van der Waals surface area contributed by atoms with Crippen LogP contribution in [-0.2, 0) is 22.9 Å². The van der Waals surface area contributed by atoms with E-state index in [9.17, 15) is 17.2 Å². The maximum Gasteiger partial charge on any atom is 0.243 e. The van der Waals surface area contributed by atoms with Gasteiger partial charge in [-0.1, -0.05) is 12.1 Å². The zero-order valence-electron chi connectivity index (χ0n) is 13.1. The Morgan fingerprint density at radius 3 is 2.75 bits per heavy atom. The minimum Gasteiger partial charge on any atom is -0.493 e. The minimum absolute atomic E-state index is 0.445. The molecule has 2 aromatic rings. The van der Waals surface area contributed by atoms with Gasteiger partial charge in [-0.15, -0.1) is 0 Å². The van der Waals surface area contributed by atoms with Crippen molar-refractivity contribution in [3.8, 4) is 5.75 Å². The number of hydrogen-bond acceptors (Lipinski definition) is 3. The van der Waals surface area contributed by atoms with Crippen LogP contribution in [0.2, 0.25) is 0 Å². The van der Waals surface area contributed by atoms with Gasteiger partial charge in [0.2, 0.25) is 10.0 Å². The molecule has 7 heteroatoms. The van der Waals surface area contributed by atoms with Crippen LogP contribution < -0.4 is 9.46 Å². The lowest BCUT2D eigenvalue weighted by atomic mass is 10.0. The number of benzene rings is 2. The molecule has 2 aromatic carbocycles. The largest absolute Gasteiger partial charge is 0.493 e. The van der Waals surface area contributed by atoms with Gasteiger partial charge < -0.3 is 4.74 Å². The van der Waals surface area contributed by atoms with Crippen molar-refractivity contribution in [3.63, 3.8) is 0 Å². The molecule has 128 valence electrons. The van der Waals surface area contributed by atoms with Crippen LogP contribution in [-0.4, -0.2) is 21.1 Å². The second kappa shape index (κ2) is 6.49. The average Bonchev–Trinajstić information content (AvgIpc) is 2.93. The summed E-state index contributed by atoms with van der Waals surface area (Å²) >= 11 is 0. The van der Waals surface area contributed by atoms with Gasteiger partial charge in [0.25, 0.3) is 0 Å². The first kappa shape index (κ1) is 16.9. The summed E-state index contributed by atoms with van der Waals surface area (Å²) in [5.41, 5.74) is 2.07.